The van der Waals surface area contributed by atoms with E-state index in [1.54, 1.807) is 4.90 Å². The van der Waals surface area contributed by atoms with Crippen LogP contribution in [0, 0.1) is 0 Å². The van der Waals surface area contributed by atoms with Crippen LogP contribution < -0.4 is 15.5 Å². The van der Waals surface area contributed by atoms with E-state index in [2.05, 4.69) is 10.6 Å². The van der Waals surface area contributed by atoms with Crippen LogP contribution in [0.3, 0.4) is 0 Å². The van der Waals surface area contributed by atoms with Gasteiger partial charge in [-0.05, 0) is 44.4 Å². The molecule has 0 bridgehead atoms. The number of anilines is 1. The van der Waals surface area contributed by atoms with Crippen LogP contribution in [0.1, 0.15) is 37.9 Å². The van der Waals surface area contributed by atoms with E-state index in [9.17, 15) is 9.59 Å². The Morgan fingerprint density at radius 1 is 1.00 bits per heavy atom. The zero-order valence-corrected chi connectivity index (χ0v) is 15.5. The van der Waals surface area contributed by atoms with Gasteiger partial charge in [0.05, 0.1) is 0 Å². The SMILES string of the molecule is CC(C)(C)NC(=O)NC(C(=O)N1CCc2ccccc21)c1ccccc1. The second kappa shape index (κ2) is 7.20. The van der Waals surface area contributed by atoms with Crippen LogP contribution in [-0.2, 0) is 11.2 Å². The highest BCUT2D eigenvalue weighted by atomic mass is 16.2. The number of nitrogens with one attached hydrogen (secondary N) is 2. The van der Waals surface area contributed by atoms with Gasteiger partial charge in [-0.1, -0.05) is 48.5 Å². The van der Waals surface area contributed by atoms with Gasteiger partial charge in [-0.3, -0.25) is 4.79 Å². The van der Waals surface area contributed by atoms with Crippen molar-refractivity contribution in [3.63, 3.8) is 0 Å². The lowest BCUT2D eigenvalue weighted by Gasteiger charge is -2.27. The highest BCUT2D eigenvalue weighted by Crippen LogP contribution is 2.30. The van der Waals surface area contributed by atoms with Crippen molar-refractivity contribution in [3.8, 4) is 0 Å². The Bertz CT molecular complexity index is 796. The molecule has 1 heterocycles. The first kappa shape index (κ1) is 18.0. The Morgan fingerprint density at radius 2 is 1.65 bits per heavy atom. The number of urea groups is 1. The van der Waals surface area contributed by atoms with Crippen molar-refractivity contribution < 1.29 is 9.59 Å². The fourth-order valence-electron chi connectivity index (χ4n) is 3.16. The first-order valence-corrected chi connectivity index (χ1v) is 8.88. The van der Waals surface area contributed by atoms with Gasteiger partial charge < -0.3 is 15.5 Å². The van der Waals surface area contributed by atoms with Gasteiger partial charge in [-0.25, -0.2) is 4.79 Å². The summed E-state index contributed by atoms with van der Waals surface area (Å²) >= 11 is 0. The second-order valence-electron chi connectivity index (χ2n) is 7.56. The average molecular weight is 351 g/mol. The number of amides is 3. The van der Waals surface area contributed by atoms with E-state index in [-0.39, 0.29) is 17.5 Å². The third kappa shape index (κ3) is 4.04. The van der Waals surface area contributed by atoms with Crippen molar-refractivity contribution in [2.24, 2.45) is 0 Å². The molecule has 0 fully saturated rings. The summed E-state index contributed by atoms with van der Waals surface area (Å²) in [5.74, 6) is -0.120. The molecule has 2 aromatic carbocycles. The van der Waals surface area contributed by atoms with Gasteiger partial charge in [-0.2, -0.15) is 0 Å². The van der Waals surface area contributed by atoms with Gasteiger partial charge in [0.25, 0.3) is 5.91 Å². The molecule has 2 aromatic rings. The van der Waals surface area contributed by atoms with Crippen molar-refractivity contribution in [1.82, 2.24) is 10.6 Å². The first-order valence-electron chi connectivity index (χ1n) is 8.88. The van der Waals surface area contributed by atoms with Crippen molar-refractivity contribution in [3.05, 3.63) is 65.7 Å². The second-order valence-corrected chi connectivity index (χ2v) is 7.56. The lowest BCUT2D eigenvalue weighted by Crippen LogP contribution is -2.50. The maximum atomic E-state index is 13.3. The summed E-state index contributed by atoms with van der Waals surface area (Å²) in [5.41, 5.74) is 2.48. The predicted octanol–water partition coefficient (Wildman–Crippen LogP) is 3.41. The van der Waals surface area contributed by atoms with E-state index < -0.39 is 6.04 Å². The van der Waals surface area contributed by atoms with Gasteiger partial charge in [0.2, 0.25) is 0 Å². The summed E-state index contributed by atoms with van der Waals surface area (Å²) in [4.78, 5) is 27.5. The van der Waals surface area contributed by atoms with E-state index in [1.807, 2.05) is 75.4 Å². The summed E-state index contributed by atoms with van der Waals surface area (Å²) in [6, 6.07) is 16.2. The smallest absolute Gasteiger partial charge is 0.316 e. The molecule has 0 spiro atoms. The molecule has 3 rings (SSSR count). The molecule has 26 heavy (non-hydrogen) atoms. The molecule has 1 unspecified atom stereocenters. The molecule has 0 aromatic heterocycles. The van der Waals surface area contributed by atoms with Crippen LogP contribution in [-0.4, -0.2) is 24.0 Å². The summed E-state index contributed by atoms with van der Waals surface area (Å²) in [6.07, 6.45) is 0.831. The van der Waals surface area contributed by atoms with Gasteiger partial charge in [0.1, 0.15) is 6.04 Å². The number of hydrogen-bond donors (Lipinski definition) is 2. The number of nitrogens with zero attached hydrogens (tertiary/aromatic N) is 1. The standard InChI is InChI=1S/C21H25N3O2/c1-21(2,3)23-20(26)22-18(16-10-5-4-6-11-16)19(25)24-14-13-15-9-7-8-12-17(15)24/h4-12,18H,13-14H2,1-3H3,(H2,22,23,26). The highest BCUT2D eigenvalue weighted by Gasteiger charge is 2.32. The minimum atomic E-state index is -0.732. The molecule has 1 atom stereocenters. The number of rotatable bonds is 3. The molecule has 0 aliphatic carbocycles. The monoisotopic (exact) mass is 351 g/mol. The van der Waals surface area contributed by atoms with E-state index in [0.29, 0.717) is 6.54 Å². The normalized spacial score (nSPS) is 14.5. The molecule has 0 radical (unpaired) electrons. The molecule has 0 saturated carbocycles. The number of benzene rings is 2. The van der Waals surface area contributed by atoms with Crippen LogP contribution in [0.2, 0.25) is 0 Å². The molecule has 0 saturated heterocycles. The third-order valence-corrected chi connectivity index (χ3v) is 4.30. The fourth-order valence-corrected chi connectivity index (χ4v) is 3.16. The van der Waals surface area contributed by atoms with Gasteiger partial charge in [0.15, 0.2) is 0 Å². The van der Waals surface area contributed by atoms with Crippen LogP contribution in [0.25, 0.3) is 0 Å². The maximum Gasteiger partial charge on any atom is 0.316 e. The van der Waals surface area contributed by atoms with Crippen molar-refractivity contribution in [2.45, 2.75) is 38.8 Å². The van der Waals surface area contributed by atoms with Crippen LogP contribution in [0.15, 0.2) is 54.6 Å². The maximum absolute atomic E-state index is 13.3. The Hall–Kier alpha value is -2.82. The minimum Gasteiger partial charge on any atom is -0.334 e. The quantitative estimate of drug-likeness (QED) is 0.890. The molecular formula is C21H25N3O2. The Balaban J connectivity index is 1.87. The Kier molecular flexibility index (Phi) is 4.98. The molecule has 2 N–H and O–H groups in total. The van der Waals surface area contributed by atoms with E-state index in [4.69, 9.17) is 0 Å². The molecule has 1 aliphatic heterocycles. The zero-order valence-electron chi connectivity index (χ0n) is 15.5. The van der Waals surface area contributed by atoms with Crippen LogP contribution in [0.5, 0.6) is 0 Å². The van der Waals surface area contributed by atoms with Crippen molar-refractivity contribution in [2.75, 3.05) is 11.4 Å². The van der Waals surface area contributed by atoms with E-state index >= 15 is 0 Å². The highest BCUT2D eigenvalue weighted by molar-refractivity contribution is 6.01. The average Bonchev–Trinajstić information content (AvgIpc) is 3.02. The summed E-state index contributed by atoms with van der Waals surface area (Å²) in [6.45, 7) is 6.35. The molecule has 5 nitrogen and oxygen atoms in total. The minimum absolute atomic E-state index is 0.120. The molecular weight excluding hydrogens is 326 g/mol. The summed E-state index contributed by atoms with van der Waals surface area (Å²) in [5, 5.41) is 5.72. The summed E-state index contributed by atoms with van der Waals surface area (Å²) < 4.78 is 0. The summed E-state index contributed by atoms with van der Waals surface area (Å²) in [7, 11) is 0. The third-order valence-electron chi connectivity index (χ3n) is 4.30. The number of para-hydroxylation sites is 1. The van der Waals surface area contributed by atoms with Crippen molar-refractivity contribution in [1.29, 1.82) is 0 Å². The Labute approximate surface area is 154 Å². The molecule has 136 valence electrons. The van der Waals surface area contributed by atoms with E-state index in [0.717, 1.165) is 23.2 Å². The van der Waals surface area contributed by atoms with Gasteiger partial charge >= 0.3 is 6.03 Å². The number of fused-ring (bicyclic) bond motifs is 1. The van der Waals surface area contributed by atoms with E-state index in [1.165, 1.54) is 0 Å². The number of carbonyl (C=O) groups excluding carboxylic acids is 2. The van der Waals surface area contributed by atoms with Gasteiger partial charge in [0, 0.05) is 17.8 Å². The molecule has 5 heteroatoms. The lowest BCUT2D eigenvalue weighted by atomic mass is 10.1. The Morgan fingerprint density at radius 3 is 2.35 bits per heavy atom. The topological polar surface area (TPSA) is 61.4 Å². The van der Waals surface area contributed by atoms with Gasteiger partial charge in [-0.15, -0.1) is 0 Å². The van der Waals surface area contributed by atoms with Crippen LogP contribution in [0.4, 0.5) is 10.5 Å². The number of carbonyl (C=O) groups is 2. The fraction of sp³-hybridized carbons (Fsp3) is 0.333. The number of hydrogen-bond acceptors (Lipinski definition) is 2. The largest absolute Gasteiger partial charge is 0.334 e. The zero-order chi connectivity index (χ0) is 18.7. The van der Waals surface area contributed by atoms with Crippen molar-refractivity contribution >= 4 is 17.6 Å². The van der Waals surface area contributed by atoms with Crippen LogP contribution >= 0.6 is 0 Å². The first-order chi connectivity index (χ1) is 12.3. The molecule has 1 aliphatic rings. The lowest BCUT2D eigenvalue weighted by molar-refractivity contribution is -0.120. The predicted molar refractivity (Wildman–Crippen MR) is 103 cm³/mol. The molecule has 3 amide bonds.